The van der Waals surface area contributed by atoms with Crippen LogP contribution in [-0.2, 0) is 6.54 Å². The largest absolute Gasteiger partial charge is 0.409 e. The average molecular weight is 334 g/mol. The van der Waals surface area contributed by atoms with Gasteiger partial charge >= 0.3 is 0 Å². The Balaban J connectivity index is 2.13. The molecule has 0 fully saturated rings. The zero-order chi connectivity index (χ0) is 14.5. The van der Waals surface area contributed by atoms with Gasteiger partial charge in [-0.2, -0.15) is 0 Å². The van der Waals surface area contributed by atoms with Crippen molar-refractivity contribution < 1.29 is 5.21 Å². The molecule has 20 heavy (non-hydrogen) atoms. The lowest BCUT2D eigenvalue weighted by Gasteiger charge is -2.10. The van der Waals surface area contributed by atoms with Crippen molar-refractivity contribution in [3.05, 3.63) is 63.6 Å². The number of hydrogen-bond donors (Lipinski definition) is 3. The Hall–Kier alpha value is -2.01. The summed E-state index contributed by atoms with van der Waals surface area (Å²) in [7, 11) is 0. The summed E-state index contributed by atoms with van der Waals surface area (Å²) in [5.41, 5.74) is 9.58. The van der Waals surface area contributed by atoms with Crippen LogP contribution in [0.1, 0.15) is 16.7 Å². The van der Waals surface area contributed by atoms with Gasteiger partial charge in [0.1, 0.15) is 0 Å². The van der Waals surface area contributed by atoms with E-state index in [1.807, 2.05) is 30.3 Å². The van der Waals surface area contributed by atoms with E-state index in [0.717, 1.165) is 15.7 Å². The van der Waals surface area contributed by atoms with Crippen molar-refractivity contribution in [3.8, 4) is 0 Å². The van der Waals surface area contributed by atoms with Gasteiger partial charge in [0, 0.05) is 22.3 Å². The third-order valence-electron chi connectivity index (χ3n) is 2.94. The van der Waals surface area contributed by atoms with Gasteiger partial charge in [-0.05, 0) is 52.2 Å². The molecule has 2 rings (SSSR count). The molecule has 0 unspecified atom stereocenters. The molecular formula is C15H16BrN3O. The molecule has 4 N–H and O–H groups in total. The smallest absolute Gasteiger partial charge is 0.170 e. The Morgan fingerprint density at radius 2 is 2.10 bits per heavy atom. The van der Waals surface area contributed by atoms with Crippen LogP contribution in [0.5, 0.6) is 0 Å². The number of nitrogens with two attached hydrogens (primary N) is 1. The van der Waals surface area contributed by atoms with Crippen LogP contribution >= 0.6 is 15.9 Å². The number of oxime groups is 1. The molecule has 0 bridgehead atoms. The minimum Gasteiger partial charge on any atom is -0.409 e. The van der Waals surface area contributed by atoms with Crippen LogP contribution in [-0.4, -0.2) is 11.0 Å². The van der Waals surface area contributed by atoms with Crippen molar-refractivity contribution in [2.24, 2.45) is 10.9 Å². The quantitative estimate of drug-likeness (QED) is 0.347. The first-order valence-corrected chi connectivity index (χ1v) is 6.96. The van der Waals surface area contributed by atoms with Gasteiger partial charge in [0.05, 0.1) is 0 Å². The molecule has 0 aliphatic rings. The first kappa shape index (κ1) is 14.4. The lowest BCUT2D eigenvalue weighted by molar-refractivity contribution is 0.318. The second kappa shape index (κ2) is 6.43. The standard InChI is InChI=1S/C15H16BrN3O/c1-10-5-6-13(16)14(7-10)18-9-11-3-2-4-12(8-11)15(17)19-20/h2-8,18,20H,9H2,1H3,(H2,17,19). The molecule has 5 heteroatoms. The third kappa shape index (κ3) is 3.51. The fourth-order valence-corrected chi connectivity index (χ4v) is 2.26. The van der Waals surface area contributed by atoms with Crippen LogP contribution < -0.4 is 11.1 Å². The maximum Gasteiger partial charge on any atom is 0.170 e. The van der Waals surface area contributed by atoms with E-state index in [0.29, 0.717) is 12.1 Å². The summed E-state index contributed by atoms with van der Waals surface area (Å²) >= 11 is 3.52. The second-order valence-electron chi connectivity index (χ2n) is 4.52. The first-order valence-electron chi connectivity index (χ1n) is 6.17. The van der Waals surface area contributed by atoms with Gasteiger partial charge in [-0.1, -0.05) is 29.4 Å². The number of anilines is 1. The third-order valence-corrected chi connectivity index (χ3v) is 3.63. The van der Waals surface area contributed by atoms with Crippen LogP contribution in [0.4, 0.5) is 5.69 Å². The number of halogens is 1. The summed E-state index contributed by atoms with van der Waals surface area (Å²) in [5, 5.41) is 15.1. The molecule has 2 aromatic carbocycles. The molecular weight excluding hydrogens is 318 g/mol. The first-order chi connectivity index (χ1) is 9.60. The summed E-state index contributed by atoms with van der Waals surface area (Å²) in [6.45, 7) is 2.71. The molecule has 0 saturated carbocycles. The molecule has 0 aliphatic heterocycles. The van der Waals surface area contributed by atoms with Crippen molar-refractivity contribution in [3.63, 3.8) is 0 Å². The molecule has 0 saturated heterocycles. The number of nitrogens with zero attached hydrogens (tertiary/aromatic N) is 1. The van der Waals surface area contributed by atoms with Gasteiger partial charge in [-0.25, -0.2) is 0 Å². The SMILES string of the molecule is Cc1ccc(Br)c(NCc2cccc(/C(N)=N/O)c2)c1. The van der Waals surface area contributed by atoms with Crippen molar-refractivity contribution in [2.45, 2.75) is 13.5 Å². The van der Waals surface area contributed by atoms with Crippen LogP contribution in [0.25, 0.3) is 0 Å². The Labute approximate surface area is 126 Å². The number of amidine groups is 1. The van der Waals surface area contributed by atoms with Crippen LogP contribution in [0, 0.1) is 6.92 Å². The topological polar surface area (TPSA) is 70.6 Å². The normalized spacial score (nSPS) is 11.4. The minimum absolute atomic E-state index is 0.114. The van der Waals surface area contributed by atoms with E-state index in [2.05, 4.69) is 39.4 Å². The number of aryl methyl sites for hydroxylation is 1. The highest BCUT2D eigenvalue weighted by Crippen LogP contribution is 2.24. The fraction of sp³-hybridized carbons (Fsp3) is 0.133. The van der Waals surface area contributed by atoms with Crippen molar-refractivity contribution in [1.29, 1.82) is 0 Å². The van der Waals surface area contributed by atoms with Crippen molar-refractivity contribution >= 4 is 27.5 Å². The highest BCUT2D eigenvalue weighted by Gasteiger charge is 2.03. The molecule has 0 aliphatic carbocycles. The molecule has 2 aromatic rings. The van der Waals surface area contributed by atoms with Gasteiger partial charge in [-0.15, -0.1) is 0 Å². The summed E-state index contributed by atoms with van der Waals surface area (Å²) < 4.78 is 1.02. The van der Waals surface area contributed by atoms with Crippen LogP contribution in [0.3, 0.4) is 0 Å². The van der Waals surface area contributed by atoms with E-state index in [4.69, 9.17) is 10.9 Å². The molecule has 0 amide bonds. The Bertz CT molecular complexity index is 641. The summed E-state index contributed by atoms with van der Waals surface area (Å²) in [4.78, 5) is 0. The van der Waals surface area contributed by atoms with E-state index < -0.39 is 0 Å². The average Bonchev–Trinajstić information content (AvgIpc) is 2.47. The van der Waals surface area contributed by atoms with Crippen LogP contribution in [0.15, 0.2) is 52.1 Å². The Morgan fingerprint density at radius 3 is 2.85 bits per heavy atom. The number of nitrogens with one attached hydrogen (secondary N) is 1. The second-order valence-corrected chi connectivity index (χ2v) is 5.38. The highest BCUT2D eigenvalue weighted by molar-refractivity contribution is 9.10. The molecule has 0 aromatic heterocycles. The molecule has 104 valence electrons. The maximum atomic E-state index is 8.70. The summed E-state index contributed by atoms with van der Waals surface area (Å²) in [6, 6.07) is 13.7. The van der Waals surface area contributed by atoms with E-state index in [1.54, 1.807) is 6.07 Å². The minimum atomic E-state index is 0.114. The summed E-state index contributed by atoms with van der Waals surface area (Å²) in [6.07, 6.45) is 0. The predicted octanol–water partition coefficient (Wildman–Crippen LogP) is 3.46. The van der Waals surface area contributed by atoms with Crippen molar-refractivity contribution in [1.82, 2.24) is 0 Å². The van der Waals surface area contributed by atoms with E-state index >= 15 is 0 Å². The van der Waals surface area contributed by atoms with Crippen molar-refractivity contribution in [2.75, 3.05) is 5.32 Å². The molecule has 0 heterocycles. The fourth-order valence-electron chi connectivity index (χ4n) is 1.87. The predicted molar refractivity (Wildman–Crippen MR) is 85.2 cm³/mol. The Kier molecular flexibility index (Phi) is 4.63. The lowest BCUT2D eigenvalue weighted by atomic mass is 10.1. The van der Waals surface area contributed by atoms with Gasteiger partial charge in [0.25, 0.3) is 0 Å². The Morgan fingerprint density at radius 1 is 1.30 bits per heavy atom. The number of benzene rings is 2. The zero-order valence-electron chi connectivity index (χ0n) is 11.1. The molecule has 0 radical (unpaired) electrons. The zero-order valence-corrected chi connectivity index (χ0v) is 12.7. The monoisotopic (exact) mass is 333 g/mol. The lowest BCUT2D eigenvalue weighted by Crippen LogP contribution is -2.13. The summed E-state index contributed by atoms with van der Waals surface area (Å²) in [5.74, 6) is 0.114. The molecule has 4 nitrogen and oxygen atoms in total. The number of hydrogen-bond acceptors (Lipinski definition) is 3. The molecule has 0 atom stereocenters. The van der Waals surface area contributed by atoms with E-state index in [1.165, 1.54) is 5.56 Å². The van der Waals surface area contributed by atoms with Gasteiger partial charge in [0.15, 0.2) is 5.84 Å². The maximum absolute atomic E-state index is 8.70. The van der Waals surface area contributed by atoms with E-state index in [-0.39, 0.29) is 5.84 Å². The van der Waals surface area contributed by atoms with Gasteiger partial charge in [0.2, 0.25) is 0 Å². The van der Waals surface area contributed by atoms with Gasteiger partial charge < -0.3 is 16.3 Å². The van der Waals surface area contributed by atoms with Gasteiger partial charge in [-0.3, -0.25) is 0 Å². The molecule has 0 spiro atoms. The van der Waals surface area contributed by atoms with Crippen LogP contribution in [0.2, 0.25) is 0 Å². The highest BCUT2D eigenvalue weighted by atomic mass is 79.9. The van der Waals surface area contributed by atoms with E-state index in [9.17, 15) is 0 Å². The number of rotatable bonds is 4.